The molecule has 100 valence electrons. The monoisotopic (exact) mass is 269 g/mol. The molecule has 18 heavy (non-hydrogen) atoms. The Hall–Kier alpha value is -0.800. The number of pyridine rings is 1. The van der Waals surface area contributed by atoms with Crippen molar-refractivity contribution in [2.45, 2.75) is 45.6 Å². The van der Waals surface area contributed by atoms with Crippen LogP contribution in [0.4, 0.5) is 0 Å². The molecule has 0 amide bonds. The molecule has 0 unspecified atom stereocenters. The summed E-state index contributed by atoms with van der Waals surface area (Å²) in [6.45, 7) is 9.53. The molecule has 0 saturated carbocycles. The topological polar surface area (TPSA) is 31.2 Å². The lowest BCUT2D eigenvalue weighted by molar-refractivity contribution is 0.00449. The van der Waals surface area contributed by atoms with E-state index in [0.717, 1.165) is 11.3 Å². The largest absolute Gasteiger partial charge is 0.380 e. The summed E-state index contributed by atoms with van der Waals surface area (Å²) in [5.74, 6) is 0.585. The first-order valence-corrected chi connectivity index (χ1v) is 6.83. The molecular formula is C14H20ClNO2. The highest BCUT2D eigenvalue weighted by atomic mass is 35.5. The predicted molar refractivity (Wildman–Crippen MR) is 73.7 cm³/mol. The zero-order valence-corrected chi connectivity index (χ0v) is 12.1. The van der Waals surface area contributed by atoms with E-state index < -0.39 is 0 Å². The Bertz CT molecular complexity index is 501. The maximum Gasteiger partial charge on any atom is 0.270 e. The highest BCUT2D eigenvalue weighted by Gasteiger charge is 2.27. The number of aromatic nitrogens is 1. The van der Waals surface area contributed by atoms with Crippen molar-refractivity contribution in [2.24, 2.45) is 0 Å². The van der Waals surface area contributed by atoms with Crippen molar-refractivity contribution in [2.75, 3.05) is 13.2 Å². The Morgan fingerprint density at radius 1 is 1.33 bits per heavy atom. The fraction of sp³-hybridized carbons (Fsp3) is 0.643. The molecule has 1 fully saturated rings. The average molecular weight is 270 g/mol. The van der Waals surface area contributed by atoms with Gasteiger partial charge in [0.05, 0.1) is 13.2 Å². The Kier molecular flexibility index (Phi) is 3.83. The van der Waals surface area contributed by atoms with Gasteiger partial charge in [0, 0.05) is 17.7 Å². The van der Waals surface area contributed by atoms with Crippen molar-refractivity contribution in [3.63, 3.8) is 0 Å². The van der Waals surface area contributed by atoms with E-state index in [4.69, 9.17) is 16.3 Å². The summed E-state index contributed by atoms with van der Waals surface area (Å²) < 4.78 is 7.05. The third-order valence-electron chi connectivity index (χ3n) is 3.44. The first-order chi connectivity index (χ1) is 8.43. The van der Waals surface area contributed by atoms with Crippen LogP contribution in [-0.2, 0) is 4.74 Å². The van der Waals surface area contributed by atoms with E-state index in [1.54, 1.807) is 4.57 Å². The maximum atomic E-state index is 12.4. The third-order valence-corrected chi connectivity index (χ3v) is 3.82. The quantitative estimate of drug-likeness (QED) is 0.843. The predicted octanol–water partition coefficient (Wildman–Crippen LogP) is 3.32. The van der Waals surface area contributed by atoms with E-state index in [1.165, 1.54) is 0 Å². The fourth-order valence-electron chi connectivity index (χ4n) is 2.31. The Morgan fingerprint density at radius 2 is 1.94 bits per heavy atom. The Balaban J connectivity index is 2.64. The number of rotatable bonds is 3. The van der Waals surface area contributed by atoms with Gasteiger partial charge in [-0.05, 0) is 31.4 Å². The van der Waals surface area contributed by atoms with Crippen LogP contribution in [-0.4, -0.2) is 17.8 Å². The second kappa shape index (κ2) is 5.06. The third kappa shape index (κ3) is 2.21. The summed E-state index contributed by atoms with van der Waals surface area (Å²) in [7, 11) is 0. The zero-order chi connectivity index (χ0) is 13.4. The lowest BCUT2D eigenvalue weighted by Crippen LogP contribution is -2.34. The molecule has 0 bridgehead atoms. The van der Waals surface area contributed by atoms with Gasteiger partial charge in [-0.3, -0.25) is 4.79 Å². The summed E-state index contributed by atoms with van der Waals surface area (Å²) in [4.78, 5) is 12.4. The minimum Gasteiger partial charge on any atom is -0.380 e. The van der Waals surface area contributed by atoms with Gasteiger partial charge in [-0.15, -0.1) is 0 Å². The number of hydrogen-bond acceptors (Lipinski definition) is 2. The molecule has 2 rings (SSSR count). The minimum absolute atomic E-state index is 0.0697. The van der Waals surface area contributed by atoms with E-state index >= 15 is 0 Å². The summed E-state index contributed by atoms with van der Waals surface area (Å²) in [5.41, 5.74) is 1.94. The molecule has 0 radical (unpaired) electrons. The van der Waals surface area contributed by atoms with Gasteiger partial charge in [0.2, 0.25) is 0 Å². The lowest BCUT2D eigenvalue weighted by Gasteiger charge is -2.31. The van der Waals surface area contributed by atoms with Crippen molar-refractivity contribution < 1.29 is 4.74 Å². The summed E-state index contributed by atoms with van der Waals surface area (Å²) in [6.07, 6.45) is 0. The summed E-state index contributed by atoms with van der Waals surface area (Å²) >= 11 is 6.21. The van der Waals surface area contributed by atoms with Gasteiger partial charge < -0.3 is 9.30 Å². The van der Waals surface area contributed by atoms with Crippen molar-refractivity contribution in [1.82, 2.24) is 4.57 Å². The van der Waals surface area contributed by atoms with Crippen LogP contribution in [0.1, 0.15) is 56.8 Å². The molecule has 0 spiro atoms. The van der Waals surface area contributed by atoms with Crippen LogP contribution in [0.25, 0.3) is 0 Å². The van der Waals surface area contributed by atoms with Gasteiger partial charge in [0.15, 0.2) is 0 Å². The molecule has 0 aliphatic carbocycles. The van der Waals surface area contributed by atoms with Crippen molar-refractivity contribution >= 4 is 11.6 Å². The molecule has 4 heteroatoms. The molecule has 0 N–H and O–H groups in total. The maximum absolute atomic E-state index is 12.4. The SMILES string of the molecule is CC(C)c1cc(C2COC2)n(C(C)C)c(=O)c1Cl. The second-order valence-electron chi connectivity index (χ2n) is 5.50. The molecule has 3 nitrogen and oxygen atoms in total. The van der Waals surface area contributed by atoms with Crippen LogP contribution in [0.15, 0.2) is 10.9 Å². The first kappa shape index (κ1) is 13.6. The van der Waals surface area contributed by atoms with Gasteiger partial charge >= 0.3 is 0 Å². The molecule has 1 aromatic rings. The van der Waals surface area contributed by atoms with Crippen LogP contribution < -0.4 is 5.56 Å². The zero-order valence-electron chi connectivity index (χ0n) is 11.4. The standard InChI is InChI=1S/C14H20ClNO2/c1-8(2)11-5-12(10-6-18-7-10)16(9(3)4)14(17)13(11)15/h5,8-10H,6-7H2,1-4H3. The van der Waals surface area contributed by atoms with Crippen LogP contribution in [0.2, 0.25) is 5.02 Å². The van der Waals surface area contributed by atoms with Crippen LogP contribution in [0, 0.1) is 0 Å². The summed E-state index contributed by atoms with van der Waals surface area (Å²) in [5, 5.41) is 0.364. The van der Waals surface area contributed by atoms with Gasteiger partial charge in [-0.2, -0.15) is 0 Å². The Morgan fingerprint density at radius 3 is 2.33 bits per heavy atom. The number of hydrogen-bond donors (Lipinski definition) is 0. The Labute approximate surface area is 113 Å². The van der Waals surface area contributed by atoms with Gasteiger partial charge in [-0.1, -0.05) is 25.4 Å². The molecule has 0 aromatic carbocycles. The van der Waals surface area contributed by atoms with E-state index in [9.17, 15) is 4.79 Å². The fourth-order valence-corrected chi connectivity index (χ4v) is 2.68. The number of nitrogens with zero attached hydrogens (tertiary/aromatic N) is 1. The molecule has 1 saturated heterocycles. The highest BCUT2D eigenvalue weighted by Crippen LogP contribution is 2.30. The average Bonchev–Trinajstić information content (AvgIpc) is 2.19. The molecule has 1 aromatic heterocycles. The minimum atomic E-state index is -0.0697. The second-order valence-corrected chi connectivity index (χ2v) is 5.87. The van der Waals surface area contributed by atoms with Gasteiger partial charge in [0.25, 0.3) is 5.56 Å². The first-order valence-electron chi connectivity index (χ1n) is 6.46. The molecule has 0 atom stereocenters. The molecular weight excluding hydrogens is 250 g/mol. The lowest BCUT2D eigenvalue weighted by atomic mass is 9.96. The van der Waals surface area contributed by atoms with Crippen LogP contribution in [0.3, 0.4) is 0 Å². The van der Waals surface area contributed by atoms with E-state index in [2.05, 4.69) is 19.9 Å². The number of halogens is 1. The van der Waals surface area contributed by atoms with Gasteiger partial charge in [-0.25, -0.2) is 0 Å². The van der Waals surface area contributed by atoms with Crippen molar-refractivity contribution in [3.05, 3.63) is 32.7 Å². The van der Waals surface area contributed by atoms with E-state index in [0.29, 0.717) is 24.2 Å². The highest BCUT2D eigenvalue weighted by molar-refractivity contribution is 6.31. The van der Waals surface area contributed by atoms with Crippen LogP contribution >= 0.6 is 11.6 Å². The molecule has 2 heterocycles. The van der Waals surface area contributed by atoms with E-state index in [1.807, 2.05) is 13.8 Å². The smallest absolute Gasteiger partial charge is 0.270 e. The van der Waals surface area contributed by atoms with Crippen molar-refractivity contribution in [3.8, 4) is 0 Å². The summed E-state index contributed by atoms with van der Waals surface area (Å²) in [6, 6.07) is 2.20. The number of ether oxygens (including phenoxy) is 1. The van der Waals surface area contributed by atoms with Gasteiger partial charge in [0.1, 0.15) is 5.02 Å². The molecule has 1 aliphatic heterocycles. The normalized spacial score (nSPS) is 16.4. The molecule has 1 aliphatic rings. The van der Waals surface area contributed by atoms with Crippen molar-refractivity contribution in [1.29, 1.82) is 0 Å². The van der Waals surface area contributed by atoms with E-state index in [-0.39, 0.29) is 17.5 Å². The van der Waals surface area contributed by atoms with Crippen LogP contribution in [0.5, 0.6) is 0 Å².